The molecule has 25 heavy (non-hydrogen) atoms. The molecule has 1 aliphatic carbocycles. The van der Waals surface area contributed by atoms with E-state index in [1.165, 1.54) is 10.7 Å². The fourth-order valence-corrected chi connectivity index (χ4v) is 3.12. The van der Waals surface area contributed by atoms with Gasteiger partial charge in [-0.25, -0.2) is 9.48 Å². The number of carbonyl (C=O) groups is 1. The van der Waals surface area contributed by atoms with Crippen molar-refractivity contribution in [2.75, 3.05) is 0 Å². The van der Waals surface area contributed by atoms with E-state index >= 15 is 0 Å². The van der Waals surface area contributed by atoms with Gasteiger partial charge in [0.15, 0.2) is 5.69 Å². The number of aromatic nitrogens is 2. The van der Waals surface area contributed by atoms with Gasteiger partial charge in [-0.3, -0.25) is 10.1 Å². The van der Waals surface area contributed by atoms with Crippen LogP contribution in [0.15, 0.2) is 36.4 Å². The lowest BCUT2D eigenvalue weighted by Gasteiger charge is -2.04. The molecule has 0 amide bonds. The smallest absolute Gasteiger partial charge is 0.355 e. The van der Waals surface area contributed by atoms with E-state index in [0.717, 1.165) is 12.8 Å². The van der Waals surface area contributed by atoms with Crippen molar-refractivity contribution in [2.24, 2.45) is 0 Å². The lowest BCUT2D eigenvalue weighted by Crippen LogP contribution is -2.08. The van der Waals surface area contributed by atoms with Crippen LogP contribution in [0, 0.1) is 10.1 Å². The third kappa shape index (κ3) is 2.62. The number of nitro groups is 1. The third-order valence-electron chi connectivity index (χ3n) is 4.31. The highest BCUT2D eigenvalue weighted by molar-refractivity contribution is 6.30. The van der Waals surface area contributed by atoms with E-state index < -0.39 is 10.9 Å². The van der Waals surface area contributed by atoms with Gasteiger partial charge in [0.25, 0.3) is 5.69 Å². The number of aromatic carboxylic acids is 1. The van der Waals surface area contributed by atoms with Crippen LogP contribution in [0.1, 0.15) is 34.8 Å². The van der Waals surface area contributed by atoms with Crippen LogP contribution in [0.4, 0.5) is 5.69 Å². The van der Waals surface area contributed by atoms with E-state index in [2.05, 4.69) is 5.10 Å². The summed E-state index contributed by atoms with van der Waals surface area (Å²) < 4.78 is 1.28. The van der Waals surface area contributed by atoms with Gasteiger partial charge in [-0.05, 0) is 49.1 Å². The Morgan fingerprint density at radius 1 is 1.28 bits per heavy atom. The fourth-order valence-electron chi connectivity index (χ4n) is 2.99. The van der Waals surface area contributed by atoms with Crippen LogP contribution in [0.3, 0.4) is 0 Å². The molecule has 3 aromatic rings. The van der Waals surface area contributed by atoms with Gasteiger partial charge in [-0.15, -0.1) is 0 Å². The maximum atomic E-state index is 11.8. The topological polar surface area (TPSA) is 98.3 Å². The Bertz CT molecular complexity index is 1020. The highest BCUT2D eigenvalue weighted by Crippen LogP contribution is 2.45. The zero-order chi connectivity index (χ0) is 17.7. The fraction of sp³-hybridized carbons (Fsp3) is 0.176. The highest BCUT2D eigenvalue weighted by Gasteiger charge is 2.33. The summed E-state index contributed by atoms with van der Waals surface area (Å²) in [5.74, 6) is -1.03. The molecule has 4 rings (SSSR count). The van der Waals surface area contributed by atoms with Crippen molar-refractivity contribution in [3.05, 3.63) is 62.8 Å². The zero-order valence-electron chi connectivity index (χ0n) is 12.8. The number of carboxylic acids is 1. The quantitative estimate of drug-likeness (QED) is 0.558. The summed E-state index contributed by atoms with van der Waals surface area (Å²) in [5.41, 5.74) is 1.36. The second-order valence-corrected chi connectivity index (χ2v) is 6.44. The highest BCUT2D eigenvalue weighted by atomic mass is 35.5. The van der Waals surface area contributed by atoms with Crippen molar-refractivity contribution in [3.63, 3.8) is 0 Å². The molecule has 1 saturated carbocycles. The minimum absolute atomic E-state index is 0.00676. The summed E-state index contributed by atoms with van der Waals surface area (Å²) in [7, 11) is 0. The molecule has 0 atom stereocenters. The van der Waals surface area contributed by atoms with E-state index in [0.29, 0.717) is 21.7 Å². The molecule has 1 aliphatic rings. The van der Waals surface area contributed by atoms with Crippen molar-refractivity contribution >= 4 is 34.2 Å². The first-order chi connectivity index (χ1) is 12.0. The first-order valence-electron chi connectivity index (χ1n) is 7.66. The Morgan fingerprint density at radius 2 is 1.96 bits per heavy atom. The van der Waals surface area contributed by atoms with Gasteiger partial charge < -0.3 is 5.11 Å². The van der Waals surface area contributed by atoms with Crippen LogP contribution in [0.25, 0.3) is 16.6 Å². The van der Waals surface area contributed by atoms with Gasteiger partial charge in [0.05, 0.1) is 10.6 Å². The Hall–Kier alpha value is -2.93. The number of rotatable bonds is 4. The summed E-state index contributed by atoms with van der Waals surface area (Å²) in [6.45, 7) is 0. The van der Waals surface area contributed by atoms with E-state index in [-0.39, 0.29) is 22.8 Å². The summed E-state index contributed by atoms with van der Waals surface area (Å²) in [6, 6.07) is 9.53. The number of carboxylic acid groups (broad SMARTS) is 1. The van der Waals surface area contributed by atoms with E-state index in [9.17, 15) is 20.0 Å². The largest absolute Gasteiger partial charge is 0.476 e. The minimum Gasteiger partial charge on any atom is -0.476 e. The third-order valence-corrected chi connectivity index (χ3v) is 4.56. The monoisotopic (exact) mass is 357 g/mol. The molecule has 126 valence electrons. The molecule has 0 unspecified atom stereocenters. The van der Waals surface area contributed by atoms with Crippen molar-refractivity contribution in [1.82, 2.24) is 9.78 Å². The number of nitro benzene ring substituents is 1. The molecule has 8 heteroatoms. The van der Waals surface area contributed by atoms with Crippen LogP contribution in [-0.2, 0) is 0 Å². The van der Waals surface area contributed by atoms with Crippen LogP contribution in [0.5, 0.6) is 0 Å². The molecular weight excluding hydrogens is 346 g/mol. The molecule has 2 aromatic carbocycles. The van der Waals surface area contributed by atoms with E-state index in [1.54, 1.807) is 30.3 Å². The zero-order valence-corrected chi connectivity index (χ0v) is 13.6. The van der Waals surface area contributed by atoms with Crippen molar-refractivity contribution in [3.8, 4) is 5.69 Å². The first kappa shape index (κ1) is 15.6. The van der Waals surface area contributed by atoms with Crippen LogP contribution >= 0.6 is 11.6 Å². The number of benzene rings is 2. The first-order valence-corrected chi connectivity index (χ1v) is 8.04. The van der Waals surface area contributed by atoms with Crippen molar-refractivity contribution < 1.29 is 14.8 Å². The Balaban J connectivity index is 2.01. The molecule has 1 fully saturated rings. The van der Waals surface area contributed by atoms with Gasteiger partial charge in [0.1, 0.15) is 5.52 Å². The Labute approximate surface area is 146 Å². The number of nitrogens with zero attached hydrogens (tertiary/aromatic N) is 3. The summed E-state index contributed by atoms with van der Waals surface area (Å²) in [6.07, 6.45) is 1.75. The summed E-state index contributed by atoms with van der Waals surface area (Å²) in [5, 5.41) is 26.2. The number of hydrogen-bond acceptors (Lipinski definition) is 4. The van der Waals surface area contributed by atoms with Gasteiger partial charge in [0, 0.05) is 22.0 Å². The molecular formula is C17H12ClN3O4. The van der Waals surface area contributed by atoms with E-state index in [1.807, 2.05) is 0 Å². The molecule has 1 heterocycles. The van der Waals surface area contributed by atoms with Crippen molar-refractivity contribution in [1.29, 1.82) is 0 Å². The minimum atomic E-state index is -1.15. The van der Waals surface area contributed by atoms with Crippen LogP contribution in [-0.4, -0.2) is 25.8 Å². The Morgan fingerprint density at radius 3 is 2.52 bits per heavy atom. The molecule has 0 bridgehead atoms. The molecule has 0 aliphatic heterocycles. The average Bonchev–Trinajstić information content (AvgIpc) is 3.34. The SMILES string of the molecule is O=C(O)c1c2cc(C3CC3)c([N+](=O)[O-])cc2nn1-c1ccc(Cl)cc1. The standard InChI is InChI=1S/C17H12ClN3O4/c18-10-3-5-11(6-4-10)20-16(17(22)23)13-7-12(9-1-2-9)15(21(24)25)8-14(13)19-20/h3-9H,1-2H2,(H,22,23). The van der Waals surface area contributed by atoms with Crippen LogP contribution in [0.2, 0.25) is 5.02 Å². The predicted octanol–water partition coefficient (Wildman–Crippen LogP) is 4.16. The number of halogens is 1. The molecule has 0 spiro atoms. The van der Waals surface area contributed by atoms with E-state index in [4.69, 9.17) is 11.6 Å². The molecule has 1 aromatic heterocycles. The average molecular weight is 358 g/mol. The number of hydrogen-bond donors (Lipinski definition) is 1. The van der Waals surface area contributed by atoms with Gasteiger partial charge in [0.2, 0.25) is 0 Å². The number of fused-ring (bicyclic) bond motifs is 1. The van der Waals surface area contributed by atoms with Crippen LogP contribution < -0.4 is 0 Å². The predicted molar refractivity (Wildman–Crippen MR) is 91.7 cm³/mol. The Kier molecular flexibility index (Phi) is 3.47. The molecule has 0 radical (unpaired) electrons. The molecule has 1 N–H and O–H groups in total. The molecule has 0 saturated heterocycles. The lowest BCUT2D eigenvalue weighted by molar-refractivity contribution is -0.385. The molecule has 7 nitrogen and oxygen atoms in total. The maximum Gasteiger partial charge on any atom is 0.355 e. The lowest BCUT2D eigenvalue weighted by atomic mass is 10.0. The van der Waals surface area contributed by atoms with Gasteiger partial charge >= 0.3 is 5.97 Å². The van der Waals surface area contributed by atoms with Crippen molar-refractivity contribution in [2.45, 2.75) is 18.8 Å². The van der Waals surface area contributed by atoms with Gasteiger partial charge in [-0.1, -0.05) is 11.6 Å². The maximum absolute atomic E-state index is 11.8. The van der Waals surface area contributed by atoms with Gasteiger partial charge in [-0.2, -0.15) is 5.10 Å². The normalized spacial score (nSPS) is 14.0. The second-order valence-electron chi connectivity index (χ2n) is 6.00. The second kappa shape index (κ2) is 5.56. The summed E-state index contributed by atoms with van der Waals surface area (Å²) >= 11 is 5.88. The summed E-state index contributed by atoms with van der Waals surface area (Å²) in [4.78, 5) is 22.8.